The Labute approximate surface area is 355 Å². The van der Waals surface area contributed by atoms with Gasteiger partial charge >= 0.3 is 12.2 Å². The number of hydrogen-bond donors (Lipinski definition) is 4. The lowest BCUT2D eigenvalue weighted by atomic mass is 9.93. The number of aromatic amines is 2. The van der Waals surface area contributed by atoms with Crippen LogP contribution in [0, 0.1) is 29.6 Å². The molecule has 4 unspecified atom stereocenters. The van der Waals surface area contributed by atoms with E-state index < -0.39 is 18.2 Å². The van der Waals surface area contributed by atoms with E-state index in [4.69, 9.17) is 19.4 Å². The minimum absolute atomic E-state index is 0.101. The molecule has 2 aromatic heterocycles. The molecule has 13 nitrogen and oxygen atoms in total. The Morgan fingerprint density at radius 3 is 2.02 bits per heavy atom. The van der Waals surface area contributed by atoms with Gasteiger partial charge in [0.05, 0.1) is 57.1 Å². The van der Waals surface area contributed by atoms with Crippen LogP contribution < -0.4 is 10.6 Å². The van der Waals surface area contributed by atoms with Gasteiger partial charge in [0.15, 0.2) is 0 Å². The fourth-order valence-corrected chi connectivity index (χ4v) is 10.1. The normalized spacial score (nSPS) is 21.6. The van der Waals surface area contributed by atoms with Gasteiger partial charge in [-0.3, -0.25) is 4.79 Å². The van der Waals surface area contributed by atoms with E-state index in [1.165, 1.54) is 30.9 Å². The van der Waals surface area contributed by atoms with Crippen molar-refractivity contribution in [2.75, 3.05) is 14.2 Å². The van der Waals surface area contributed by atoms with Crippen LogP contribution in [0.2, 0.25) is 0 Å². The number of H-pyrrole nitrogens is 2. The summed E-state index contributed by atoms with van der Waals surface area (Å²) in [5.41, 5.74) is 9.16. The molecule has 3 aliphatic carbocycles. The first-order valence-electron chi connectivity index (χ1n) is 21.4. The summed E-state index contributed by atoms with van der Waals surface area (Å²) in [6.45, 7) is 15.8. The van der Waals surface area contributed by atoms with Crippen molar-refractivity contribution in [3.8, 4) is 33.6 Å². The molecule has 0 spiro atoms. The zero-order chi connectivity index (χ0) is 42.8. The molecule has 2 saturated carbocycles. The van der Waals surface area contributed by atoms with E-state index in [0.29, 0.717) is 42.7 Å². The van der Waals surface area contributed by atoms with E-state index >= 15 is 0 Å². The Morgan fingerprint density at radius 2 is 1.43 bits per heavy atom. The highest BCUT2D eigenvalue weighted by Gasteiger charge is 2.47. The van der Waals surface area contributed by atoms with E-state index in [9.17, 15) is 14.4 Å². The quantitative estimate of drug-likeness (QED) is 0.0823. The predicted octanol–water partition coefficient (Wildman–Crippen LogP) is 8.24. The number of carbonyl (C=O) groups excluding carboxylic acids is 3. The van der Waals surface area contributed by atoms with E-state index in [2.05, 4.69) is 102 Å². The molecule has 3 amide bonds. The largest absolute Gasteiger partial charge is 0.453 e. The number of aromatic nitrogens is 4. The summed E-state index contributed by atoms with van der Waals surface area (Å²) in [6, 6.07) is 13.0. The molecule has 7 rings (SSSR count). The van der Waals surface area contributed by atoms with Crippen LogP contribution in [0.1, 0.15) is 84.1 Å². The van der Waals surface area contributed by atoms with Crippen molar-refractivity contribution in [1.29, 1.82) is 0 Å². The first kappa shape index (κ1) is 43.1. The molecule has 4 aromatic rings. The molecular formula is C46H61N8O5P. The molecule has 7 atom stereocenters. The number of imidazole rings is 2. The Hall–Kier alpha value is -5.00. The number of aryl methyl sites for hydroxylation is 1. The van der Waals surface area contributed by atoms with E-state index in [1.54, 1.807) is 0 Å². The van der Waals surface area contributed by atoms with E-state index in [0.717, 1.165) is 67.9 Å². The molecule has 0 saturated heterocycles. The van der Waals surface area contributed by atoms with Crippen molar-refractivity contribution in [1.82, 2.24) is 40.1 Å². The Morgan fingerprint density at radius 1 is 0.833 bits per heavy atom. The smallest absolute Gasteiger partial charge is 0.407 e. The number of nitrogens with one attached hydrogen (secondary N) is 4. The fourth-order valence-electron chi connectivity index (χ4n) is 8.55. The maximum absolute atomic E-state index is 13.9. The Kier molecular flexibility index (Phi) is 13.2. The number of fused-ring (bicyclic) bond motifs is 1. The van der Waals surface area contributed by atoms with Crippen molar-refractivity contribution in [3.05, 3.63) is 71.6 Å². The molecule has 0 bridgehead atoms. The van der Waals surface area contributed by atoms with Crippen LogP contribution in [0.15, 0.2) is 48.8 Å². The van der Waals surface area contributed by atoms with Crippen molar-refractivity contribution < 1.29 is 23.9 Å². The van der Waals surface area contributed by atoms with Gasteiger partial charge in [0.1, 0.15) is 17.7 Å². The van der Waals surface area contributed by atoms with Crippen LogP contribution in [0.4, 0.5) is 9.59 Å². The fraction of sp³-hybridized carbons (Fsp3) is 0.522. The number of nitrogens with zero attached hydrogens (tertiary/aromatic N) is 4. The molecular weight excluding hydrogens is 776 g/mol. The topological polar surface area (TPSA) is 158 Å². The standard InChI is InChI=1S/C46H61N8O5P/c1-25(2)38(51-45(56)58-8)24-60-54(43-28(6)29(43)7)23-41-48-20-36(49-41)31-15-13-30(14-16-31)35-19-33(18-32-11-10-12-34(32)35)37-21-47-40(50-37)22-53(39-17-27(39)5)44(55)42(26(3)4)52-46(57)59-9/h13-16,18-21,24-29,38-39,42-43H,10-12,17,22-23H2,1-9H3,(H,47,50)(H,48,49)(H,51,56)(H,52,57)/t27-,28+,29?,38?,39+,42?,43?/m0/s1. The molecule has 14 heteroatoms. The summed E-state index contributed by atoms with van der Waals surface area (Å²) in [6.07, 6.45) is 6.87. The van der Waals surface area contributed by atoms with Crippen molar-refractivity contribution in [2.45, 2.75) is 111 Å². The van der Waals surface area contributed by atoms with Crippen LogP contribution in [0.5, 0.6) is 0 Å². The van der Waals surface area contributed by atoms with Crippen LogP contribution in [0.25, 0.3) is 33.6 Å². The number of benzene rings is 2. The van der Waals surface area contributed by atoms with Crippen LogP contribution in [-0.4, -0.2) is 91.8 Å². The van der Waals surface area contributed by atoms with Crippen molar-refractivity contribution >= 4 is 32.2 Å². The minimum Gasteiger partial charge on any atom is -0.453 e. The second-order valence-corrected chi connectivity index (χ2v) is 18.7. The summed E-state index contributed by atoms with van der Waals surface area (Å²) in [5.74, 6) is 5.33. The van der Waals surface area contributed by atoms with Gasteiger partial charge in [0, 0.05) is 17.6 Å². The highest BCUT2D eigenvalue weighted by Crippen LogP contribution is 2.46. The number of rotatable bonds is 16. The summed E-state index contributed by atoms with van der Waals surface area (Å²) >= 11 is 0. The molecule has 0 aliphatic heterocycles. The third-order valence-electron chi connectivity index (χ3n) is 12.7. The molecule has 60 heavy (non-hydrogen) atoms. The summed E-state index contributed by atoms with van der Waals surface area (Å²) in [7, 11) is 3.74. The number of carbonyl (C=O) groups is 3. The van der Waals surface area contributed by atoms with Gasteiger partial charge < -0.3 is 35.0 Å². The van der Waals surface area contributed by atoms with Gasteiger partial charge in [-0.25, -0.2) is 24.2 Å². The third kappa shape index (κ3) is 9.63. The minimum atomic E-state index is -0.693. The monoisotopic (exact) mass is 836 g/mol. The number of methoxy groups -OCH3 is 2. The second-order valence-electron chi connectivity index (χ2n) is 17.7. The molecule has 3 aliphatic rings. The number of ether oxygens (including phenoxy) is 2. The second kappa shape index (κ2) is 18.3. The maximum atomic E-state index is 13.9. The van der Waals surface area contributed by atoms with Crippen LogP contribution in [0.3, 0.4) is 0 Å². The molecule has 320 valence electrons. The lowest BCUT2D eigenvalue weighted by Gasteiger charge is -2.29. The van der Waals surface area contributed by atoms with Gasteiger partial charge in [-0.15, -0.1) is 0 Å². The van der Waals surface area contributed by atoms with Crippen molar-refractivity contribution in [2.24, 2.45) is 29.6 Å². The average Bonchev–Trinajstić information content (AvgIpc) is 3.72. The zero-order valence-electron chi connectivity index (χ0n) is 36.4. The number of amides is 3. The SMILES string of the molecule is COC(=O)NC(C=PN(Cc1ncc(-c2ccc(-c3cc(-c4cnc(CN(C(=O)C(NC(=O)OC)C(C)C)[C@@H]5C[C@@H]5C)[nH]4)cc4c3CCC4)cc2)[nH]1)C1C(C)[C@H]1C)C(C)C. The summed E-state index contributed by atoms with van der Waals surface area (Å²) in [4.78, 5) is 56.5. The number of hydrogen-bond acceptors (Lipinski definition) is 8. The Bertz CT molecular complexity index is 2190. The summed E-state index contributed by atoms with van der Waals surface area (Å²) < 4.78 is 12.1. The number of alkyl carbamates (subject to hydrolysis) is 2. The first-order chi connectivity index (χ1) is 28.8. The predicted molar refractivity (Wildman–Crippen MR) is 236 cm³/mol. The summed E-state index contributed by atoms with van der Waals surface area (Å²) in [5, 5.41) is 5.71. The molecule has 2 heterocycles. The van der Waals surface area contributed by atoms with Crippen LogP contribution in [-0.2, 0) is 40.2 Å². The highest BCUT2D eigenvalue weighted by molar-refractivity contribution is 7.36. The van der Waals surface area contributed by atoms with Crippen molar-refractivity contribution in [3.63, 3.8) is 0 Å². The highest BCUT2D eigenvalue weighted by atomic mass is 31.1. The molecule has 2 fully saturated rings. The van der Waals surface area contributed by atoms with Gasteiger partial charge in [0.2, 0.25) is 5.91 Å². The Balaban J connectivity index is 1.07. The molecule has 0 radical (unpaired) electrons. The maximum Gasteiger partial charge on any atom is 0.407 e. The lowest BCUT2D eigenvalue weighted by molar-refractivity contribution is -0.136. The molecule has 2 aromatic carbocycles. The lowest BCUT2D eigenvalue weighted by Crippen LogP contribution is -2.52. The van der Waals surface area contributed by atoms with Crippen LogP contribution >= 0.6 is 8.35 Å². The van der Waals surface area contributed by atoms with Gasteiger partial charge in [-0.1, -0.05) is 72.7 Å². The van der Waals surface area contributed by atoms with Gasteiger partial charge in [0.25, 0.3) is 0 Å². The van der Waals surface area contributed by atoms with Gasteiger partial charge in [-0.05, 0) is 109 Å². The van der Waals surface area contributed by atoms with E-state index in [1.807, 2.05) is 31.1 Å². The first-order valence-corrected chi connectivity index (χ1v) is 22.3. The van der Waals surface area contributed by atoms with Gasteiger partial charge in [-0.2, -0.15) is 0 Å². The van der Waals surface area contributed by atoms with E-state index in [-0.39, 0.29) is 29.8 Å². The molecule has 4 N–H and O–H groups in total. The third-order valence-corrected chi connectivity index (χ3v) is 13.9. The zero-order valence-corrected chi connectivity index (χ0v) is 37.3. The average molecular weight is 837 g/mol.